The molecule has 0 unspecified atom stereocenters. The molecule has 1 saturated heterocycles. The first-order valence-corrected chi connectivity index (χ1v) is 15.2. The molecule has 1 fully saturated rings. The summed E-state index contributed by atoms with van der Waals surface area (Å²) in [5, 5.41) is 0.168. The lowest BCUT2D eigenvalue weighted by molar-refractivity contribution is 0.159. The van der Waals surface area contributed by atoms with Gasteiger partial charge in [-0.25, -0.2) is 0 Å². The van der Waals surface area contributed by atoms with E-state index in [1.165, 1.54) is 0 Å². The Kier molecular flexibility index (Phi) is 7.86. The zero-order chi connectivity index (χ0) is 29.7. The molecular formula is C41H30O2S. The molecule has 0 saturated carbocycles. The van der Waals surface area contributed by atoms with E-state index in [1.807, 2.05) is 12.1 Å². The van der Waals surface area contributed by atoms with Gasteiger partial charge < -0.3 is 9.47 Å². The van der Waals surface area contributed by atoms with Gasteiger partial charge >= 0.3 is 5.24 Å². The Morgan fingerprint density at radius 2 is 0.545 bits per heavy atom. The zero-order valence-corrected chi connectivity index (χ0v) is 24.9. The highest BCUT2D eigenvalue weighted by Gasteiger charge is 2.38. The first-order chi connectivity index (χ1) is 21.7. The first kappa shape index (κ1) is 27.6. The van der Waals surface area contributed by atoms with Gasteiger partial charge in [0.05, 0.1) is 0 Å². The van der Waals surface area contributed by atoms with E-state index in [4.69, 9.17) is 21.7 Å². The van der Waals surface area contributed by atoms with Crippen LogP contribution in [0.3, 0.4) is 0 Å². The Bertz CT molecular complexity index is 1820. The number of hydrogen-bond donors (Lipinski definition) is 0. The van der Waals surface area contributed by atoms with E-state index in [-0.39, 0.29) is 17.4 Å². The largest absolute Gasteiger partial charge is 0.444 e. The summed E-state index contributed by atoms with van der Waals surface area (Å²) in [6, 6.07) is 42.0. The molecule has 1 aliphatic carbocycles. The third kappa shape index (κ3) is 5.83. The van der Waals surface area contributed by atoms with Crippen molar-refractivity contribution in [2.24, 2.45) is 0 Å². The number of ether oxygens (including phenoxy) is 2. The van der Waals surface area contributed by atoms with Crippen LogP contribution in [0.5, 0.6) is 0 Å². The monoisotopic (exact) mass is 586 g/mol. The molecule has 0 radical (unpaired) electrons. The highest BCUT2D eigenvalue weighted by molar-refractivity contribution is 7.79. The van der Waals surface area contributed by atoms with E-state index in [0.29, 0.717) is 0 Å². The number of rotatable bonds is 0. The second-order valence-electron chi connectivity index (χ2n) is 10.8. The van der Waals surface area contributed by atoms with Crippen LogP contribution in [0, 0.1) is 0 Å². The van der Waals surface area contributed by atoms with Crippen LogP contribution >= 0.6 is 12.2 Å². The zero-order valence-electron chi connectivity index (χ0n) is 24.0. The lowest BCUT2D eigenvalue weighted by Gasteiger charge is -2.20. The molecule has 5 aromatic carbocycles. The summed E-state index contributed by atoms with van der Waals surface area (Å²) < 4.78 is 12.4. The third-order valence-corrected chi connectivity index (χ3v) is 8.28. The molecular weight excluding hydrogens is 557 g/mol. The van der Waals surface area contributed by atoms with E-state index < -0.39 is 0 Å². The quantitative estimate of drug-likeness (QED) is 0.168. The third-order valence-electron chi connectivity index (χ3n) is 8.08. The van der Waals surface area contributed by atoms with E-state index in [2.05, 4.69) is 158 Å². The second-order valence-corrected chi connectivity index (χ2v) is 11.1. The number of thiocarbonyl (C=S) groups is 1. The fourth-order valence-electron chi connectivity index (χ4n) is 5.82. The van der Waals surface area contributed by atoms with E-state index in [9.17, 15) is 0 Å². The maximum Gasteiger partial charge on any atom is 0.353 e. The van der Waals surface area contributed by atoms with Gasteiger partial charge in [-0.3, -0.25) is 0 Å². The van der Waals surface area contributed by atoms with Crippen molar-refractivity contribution in [2.75, 3.05) is 0 Å². The van der Waals surface area contributed by atoms with Crippen molar-refractivity contribution in [1.82, 2.24) is 0 Å². The van der Waals surface area contributed by atoms with E-state index in [1.54, 1.807) is 0 Å². The van der Waals surface area contributed by atoms with Crippen LogP contribution < -0.4 is 0 Å². The van der Waals surface area contributed by atoms with Crippen LogP contribution in [0.1, 0.15) is 67.8 Å². The van der Waals surface area contributed by atoms with Crippen LogP contribution in [0.4, 0.5) is 0 Å². The van der Waals surface area contributed by atoms with Gasteiger partial charge in [0.1, 0.15) is 0 Å². The van der Waals surface area contributed by atoms with Crippen molar-refractivity contribution >= 4 is 66.1 Å². The topological polar surface area (TPSA) is 18.5 Å². The van der Waals surface area contributed by atoms with Crippen molar-refractivity contribution < 1.29 is 9.47 Å². The smallest absolute Gasteiger partial charge is 0.353 e. The van der Waals surface area contributed by atoms with Gasteiger partial charge in [-0.2, -0.15) is 0 Å². The molecule has 212 valence electrons. The Hall–Kier alpha value is -5.25. The van der Waals surface area contributed by atoms with Crippen molar-refractivity contribution in [3.8, 4) is 0 Å². The van der Waals surface area contributed by atoms with Gasteiger partial charge in [0, 0.05) is 23.3 Å². The van der Waals surface area contributed by atoms with Crippen LogP contribution in [0.25, 0.3) is 48.6 Å². The van der Waals surface area contributed by atoms with E-state index >= 15 is 0 Å². The summed E-state index contributed by atoms with van der Waals surface area (Å²) in [5.74, 6) is 0. The Balaban J connectivity index is 1.41. The fraction of sp³-hybridized carbons (Fsp3) is 0.0488. The first-order valence-electron chi connectivity index (χ1n) is 14.8. The number of benzene rings is 5. The van der Waals surface area contributed by atoms with Crippen molar-refractivity contribution in [3.05, 3.63) is 177 Å². The molecule has 3 heteroatoms. The van der Waals surface area contributed by atoms with Gasteiger partial charge in [-0.15, -0.1) is 0 Å². The average molecular weight is 587 g/mol. The van der Waals surface area contributed by atoms with Crippen LogP contribution in [-0.2, 0) is 9.47 Å². The Labute approximate surface area is 263 Å². The standard InChI is InChI=1S/C41H30O2S/c44-41-42-39-37-19-9-7-17-35(37)27-25-33-15-5-3-13-31(33)23-21-29-11-1-2-12-30(29)22-24-32-14-4-6-16-34(32)26-28-36-18-8-10-20-38(36)40(39)43-41/h1-28,39-40H/b23-21-,24-22?,27-25-,28-26-/t39-,40+/m0/s1. The fourth-order valence-corrected chi connectivity index (χ4v) is 6.02. The maximum absolute atomic E-state index is 6.21. The minimum absolute atomic E-state index is 0.168. The molecule has 0 bridgehead atoms. The Morgan fingerprint density at radius 1 is 0.318 bits per heavy atom. The Morgan fingerprint density at radius 3 is 0.841 bits per heavy atom. The minimum Gasteiger partial charge on any atom is -0.444 e. The molecule has 0 N–H and O–H groups in total. The highest BCUT2D eigenvalue weighted by atomic mass is 32.1. The summed E-state index contributed by atoms with van der Waals surface area (Å²) in [6.45, 7) is 0. The summed E-state index contributed by atoms with van der Waals surface area (Å²) in [6.07, 6.45) is 16.6. The molecule has 5 aromatic rings. The average Bonchev–Trinajstić information content (AvgIpc) is 3.46. The summed E-state index contributed by atoms with van der Waals surface area (Å²) in [7, 11) is 0. The van der Waals surface area contributed by atoms with Crippen molar-refractivity contribution in [2.45, 2.75) is 12.2 Å². The molecule has 1 aliphatic heterocycles. The molecule has 2 aliphatic rings. The molecule has 44 heavy (non-hydrogen) atoms. The van der Waals surface area contributed by atoms with Gasteiger partial charge in [-0.05, 0) is 44.5 Å². The molecule has 2 atom stereocenters. The number of fused-ring (bicyclic) bond motifs is 8. The molecule has 2 nitrogen and oxygen atoms in total. The van der Waals surface area contributed by atoms with Crippen LogP contribution in [-0.4, -0.2) is 5.24 Å². The molecule has 0 spiro atoms. The van der Waals surface area contributed by atoms with Crippen molar-refractivity contribution in [3.63, 3.8) is 0 Å². The summed E-state index contributed by atoms with van der Waals surface area (Å²) in [5.41, 5.74) is 11.0. The lowest BCUT2D eigenvalue weighted by Crippen LogP contribution is -2.10. The van der Waals surface area contributed by atoms with Crippen LogP contribution in [0.2, 0.25) is 0 Å². The molecule has 7 rings (SSSR count). The second kappa shape index (κ2) is 12.5. The van der Waals surface area contributed by atoms with Crippen LogP contribution in [0.15, 0.2) is 121 Å². The predicted molar refractivity (Wildman–Crippen MR) is 188 cm³/mol. The van der Waals surface area contributed by atoms with Gasteiger partial charge in [0.15, 0.2) is 12.2 Å². The lowest BCUT2D eigenvalue weighted by atomic mass is 9.91. The maximum atomic E-state index is 6.21. The van der Waals surface area contributed by atoms with Gasteiger partial charge in [0.2, 0.25) is 0 Å². The minimum atomic E-state index is -0.384. The molecule has 0 aromatic heterocycles. The van der Waals surface area contributed by atoms with Gasteiger partial charge in [-0.1, -0.05) is 170 Å². The normalized spacial score (nSPS) is 19.3. The number of hydrogen-bond acceptors (Lipinski definition) is 3. The molecule has 1 heterocycles. The summed E-state index contributed by atoms with van der Waals surface area (Å²) in [4.78, 5) is 0. The molecule has 0 amide bonds. The SMILES string of the molecule is S=C1O[C@@H]2c3ccccc3/C=C\c3ccccc3C=Cc3ccccc3/C=C\c3ccccc3/C=C\c3ccccc3[C@@H]2O1. The predicted octanol–water partition coefficient (Wildman–Crippen LogP) is 10.8. The van der Waals surface area contributed by atoms with E-state index in [0.717, 1.165) is 55.6 Å². The van der Waals surface area contributed by atoms with Crippen molar-refractivity contribution in [1.29, 1.82) is 0 Å². The van der Waals surface area contributed by atoms with Gasteiger partial charge in [0.25, 0.3) is 0 Å². The highest BCUT2D eigenvalue weighted by Crippen LogP contribution is 2.44. The summed E-state index contributed by atoms with van der Waals surface area (Å²) >= 11 is 5.47.